The Labute approximate surface area is 112 Å². The highest BCUT2D eigenvalue weighted by atomic mass is 16.6. The Morgan fingerprint density at radius 3 is 2.80 bits per heavy atom. The first-order chi connectivity index (χ1) is 9.43. The first kappa shape index (κ1) is 14.4. The van der Waals surface area contributed by atoms with Gasteiger partial charge >= 0.3 is 11.7 Å². The molecular formula is C11H14N2O7. The number of aliphatic hydroxyl groups excluding tert-OH is 2. The molecule has 1 aromatic rings. The lowest BCUT2D eigenvalue weighted by Crippen LogP contribution is -2.40. The molecule has 9 nitrogen and oxygen atoms in total. The summed E-state index contributed by atoms with van der Waals surface area (Å²) in [7, 11) is 0. The highest BCUT2D eigenvalue weighted by Gasteiger charge is 2.47. The molecule has 1 aliphatic heterocycles. The van der Waals surface area contributed by atoms with Crippen LogP contribution in [-0.2, 0) is 14.3 Å². The minimum atomic E-state index is -1.28. The number of nitrogens with zero attached hydrogens (tertiary/aromatic N) is 1. The fourth-order valence-electron chi connectivity index (χ4n) is 2.04. The largest absolute Gasteiger partial charge is 0.455 e. The van der Waals surface area contributed by atoms with E-state index in [1.807, 2.05) is 4.98 Å². The van der Waals surface area contributed by atoms with Crippen LogP contribution in [-0.4, -0.2) is 50.7 Å². The van der Waals surface area contributed by atoms with Gasteiger partial charge in [0, 0.05) is 19.2 Å². The highest BCUT2D eigenvalue weighted by Crippen LogP contribution is 2.30. The first-order valence-electron chi connectivity index (χ1n) is 5.87. The summed E-state index contributed by atoms with van der Waals surface area (Å²) in [5.41, 5.74) is -1.36. The van der Waals surface area contributed by atoms with Crippen molar-refractivity contribution < 1.29 is 24.5 Å². The third kappa shape index (κ3) is 2.64. The molecule has 0 spiro atoms. The van der Waals surface area contributed by atoms with Gasteiger partial charge in [-0.15, -0.1) is 0 Å². The summed E-state index contributed by atoms with van der Waals surface area (Å²) < 4.78 is 11.2. The van der Waals surface area contributed by atoms with Gasteiger partial charge in [-0.1, -0.05) is 0 Å². The first-order valence-corrected chi connectivity index (χ1v) is 5.87. The van der Waals surface area contributed by atoms with Crippen molar-refractivity contribution in [2.24, 2.45) is 0 Å². The zero-order valence-corrected chi connectivity index (χ0v) is 10.6. The molecule has 1 aromatic heterocycles. The van der Waals surface area contributed by atoms with Crippen LogP contribution in [0, 0.1) is 0 Å². The van der Waals surface area contributed by atoms with Crippen LogP contribution < -0.4 is 11.2 Å². The van der Waals surface area contributed by atoms with E-state index in [4.69, 9.17) is 14.6 Å². The molecular weight excluding hydrogens is 272 g/mol. The van der Waals surface area contributed by atoms with Crippen LogP contribution in [0.3, 0.4) is 0 Å². The molecule has 110 valence electrons. The van der Waals surface area contributed by atoms with Gasteiger partial charge in [0.2, 0.25) is 0 Å². The predicted molar refractivity (Wildman–Crippen MR) is 63.9 cm³/mol. The zero-order valence-electron chi connectivity index (χ0n) is 10.6. The summed E-state index contributed by atoms with van der Waals surface area (Å²) in [6.07, 6.45) is -3.41. The van der Waals surface area contributed by atoms with E-state index in [0.29, 0.717) is 0 Å². The maximum atomic E-state index is 11.7. The maximum absolute atomic E-state index is 11.7. The lowest BCUT2D eigenvalue weighted by molar-refractivity contribution is -0.156. The lowest BCUT2D eigenvalue weighted by atomic mass is 10.1. The number of carbonyl (C=O) groups excluding carboxylic acids is 1. The predicted octanol–water partition coefficient (Wildman–Crippen LogP) is -2.28. The number of H-pyrrole nitrogens is 1. The second kappa shape index (κ2) is 5.57. The molecule has 4 atom stereocenters. The number of hydrogen-bond acceptors (Lipinski definition) is 7. The van der Waals surface area contributed by atoms with E-state index in [2.05, 4.69) is 0 Å². The summed E-state index contributed by atoms with van der Waals surface area (Å²) in [5, 5.41) is 19.0. The number of hydrogen-bond donors (Lipinski definition) is 3. The van der Waals surface area contributed by atoms with Crippen molar-refractivity contribution in [2.45, 2.75) is 31.5 Å². The summed E-state index contributed by atoms with van der Waals surface area (Å²) in [5.74, 6) is -0.668. The number of aromatic amines is 1. The van der Waals surface area contributed by atoms with E-state index in [1.165, 1.54) is 0 Å². The molecule has 2 rings (SSSR count). The van der Waals surface area contributed by atoms with Gasteiger partial charge < -0.3 is 19.7 Å². The molecule has 0 unspecified atom stereocenters. The number of esters is 1. The monoisotopic (exact) mass is 286 g/mol. The molecule has 0 bridgehead atoms. The maximum Gasteiger partial charge on any atom is 0.330 e. The van der Waals surface area contributed by atoms with Gasteiger partial charge in [-0.25, -0.2) is 4.79 Å². The number of ether oxygens (including phenoxy) is 2. The molecule has 0 radical (unpaired) electrons. The molecule has 0 aromatic carbocycles. The number of nitrogens with one attached hydrogen (secondary N) is 1. The molecule has 20 heavy (non-hydrogen) atoms. The van der Waals surface area contributed by atoms with E-state index in [-0.39, 0.29) is 0 Å². The molecule has 0 aliphatic carbocycles. The van der Waals surface area contributed by atoms with Crippen molar-refractivity contribution in [1.29, 1.82) is 0 Å². The molecule has 2 heterocycles. The van der Waals surface area contributed by atoms with Gasteiger partial charge in [-0.3, -0.25) is 19.1 Å². The van der Waals surface area contributed by atoms with E-state index >= 15 is 0 Å². The number of carbonyl (C=O) groups is 1. The van der Waals surface area contributed by atoms with Gasteiger partial charge in [0.05, 0.1) is 6.61 Å². The Balaban J connectivity index is 2.39. The smallest absolute Gasteiger partial charge is 0.330 e. The van der Waals surface area contributed by atoms with Crippen LogP contribution in [0.15, 0.2) is 21.9 Å². The van der Waals surface area contributed by atoms with Gasteiger partial charge in [-0.05, 0) is 0 Å². The van der Waals surface area contributed by atoms with Crippen LogP contribution in [0.4, 0.5) is 0 Å². The zero-order chi connectivity index (χ0) is 14.9. The molecule has 3 N–H and O–H groups in total. The molecule has 1 aliphatic rings. The molecule has 1 saturated heterocycles. The van der Waals surface area contributed by atoms with Gasteiger partial charge in [0.15, 0.2) is 12.3 Å². The van der Waals surface area contributed by atoms with E-state index < -0.39 is 48.4 Å². The Morgan fingerprint density at radius 1 is 1.55 bits per heavy atom. The summed E-state index contributed by atoms with van der Waals surface area (Å²) in [6.45, 7) is 0.638. The average Bonchev–Trinajstić information content (AvgIpc) is 2.66. The van der Waals surface area contributed by atoms with Crippen LogP contribution in [0.25, 0.3) is 0 Å². The quantitative estimate of drug-likeness (QED) is 0.533. The molecule has 9 heteroatoms. The number of aromatic nitrogens is 2. The van der Waals surface area contributed by atoms with Gasteiger partial charge in [0.1, 0.15) is 12.2 Å². The second-order valence-corrected chi connectivity index (χ2v) is 4.33. The van der Waals surface area contributed by atoms with Gasteiger partial charge in [-0.2, -0.15) is 0 Å². The molecule has 0 amide bonds. The number of rotatable bonds is 3. The van der Waals surface area contributed by atoms with E-state index in [0.717, 1.165) is 23.8 Å². The Kier molecular flexibility index (Phi) is 4.02. The third-order valence-electron chi connectivity index (χ3n) is 2.92. The van der Waals surface area contributed by atoms with Crippen LogP contribution >= 0.6 is 0 Å². The van der Waals surface area contributed by atoms with Crippen molar-refractivity contribution in [1.82, 2.24) is 9.55 Å². The highest BCUT2D eigenvalue weighted by molar-refractivity contribution is 5.66. The fourth-order valence-corrected chi connectivity index (χ4v) is 2.04. The van der Waals surface area contributed by atoms with Crippen molar-refractivity contribution in [2.75, 3.05) is 6.61 Å². The number of aliphatic hydroxyl groups is 2. The topological polar surface area (TPSA) is 131 Å². The van der Waals surface area contributed by atoms with Crippen molar-refractivity contribution in [3.63, 3.8) is 0 Å². The molecule has 0 saturated carbocycles. The van der Waals surface area contributed by atoms with Crippen LogP contribution in [0.1, 0.15) is 13.2 Å². The lowest BCUT2D eigenvalue weighted by Gasteiger charge is -2.21. The van der Waals surface area contributed by atoms with Gasteiger partial charge in [0.25, 0.3) is 5.56 Å². The minimum Gasteiger partial charge on any atom is -0.455 e. The standard InChI is InChI=1S/C11H14N2O7/c1-5(15)19-9-8(17)6(4-14)20-10(9)13-3-2-7(16)12-11(13)18/h2-3,6,8-10,14,17H,4H2,1H3,(H,12,16,18)/t6-,8+,9-,10-/m1/s1. The second-order valence-electron chi connectivity index (χ2n) is 4.33. The summed E-state index contributed by atoms with van der Waals surface area (Å²) in [4.78, 5) is 35.8. The normalized spacial score (nSPS) is 29.4. The molecule has 1 fully saturated rings. The van der Waals surface area contributed by atoms with Crippen molar-refractivity contribution in [3.8, 4) is 0 Å². The third-order valence-corrected chi connectivity index (χ3v) is 2.92. The Morgan fingerprint density at radius 2 is 2.25 bits per heavy atom. The van der Waals surface area contributed by atoms with Crippen molar-refractivity contribution >= 4 is 5.97 Å². The summed E-state index contributed by atoms with van der Waals surface area (Å²) in [6, 6.07) is 1.09. The Bertz CT molecular complexity index is 607. The fraction of sp³-hybridized carbons (Fsp3) is 0.545. The average molecular weight is 286 g/mol. The van der Waals surface area contributed by atoms with E-state index in [9.17, 15) is 19.5 Å². The summed E-state index contributed by atoms with van der Waals surface area (Å²) >= 11 is 0. The Hall–Kier alpha value is -1.97. The SMILES string of the molecule is CC(=O)O[C@@H]1[C@@H](O)[C@@H](CO)O[C@H]1n1ccc(=O)[nH]c1=O. The minimum absolute atomic E-state index is 0.506. The van der Waals surface area contributed by atoms with Crippen molar-refractivity contribution in [3.05, 3.63) is 33.1 Å². The van der Waals surface area contributed by atoms with Crippen LogP contribution in [0.5, 0.6) is 0 Å². The van der Waals surface area contributed by atoms with Crippen LogP contribution in [0.2, 0.25) is 0 Å². The van der Waals surface area contributed by atoms with E-state index in [1.54, 1.807) is 0 Å².